The van der Waals surface area contributed by atoms with Crippen LogP contribution in [0.25, 0.3) is 0 Å². The lowest BCUT2D eigenvalue weighted by atomic mass is 10.0. The molecule has 0 bridgehead atoms. The zero-order chi connectivity index (χ0) is 13.7. The molecule has 1 rings (SSSR count). The Morgan fingerprint density at radius 2 is 2.06 bits per heavy atom. The molecule has 2 N–H and O–H groups in total. The minimum atomic E-state index is -1.02. The topological polar surface area (TPSA) is 79.3 Å². The van der Waals surface area contributed by atoms with Gasteiger partial charge in [-0.2, -0.15) is 0 Å². The third kappa shape index (κ3) is 4.16. The minimum Gasteiger partial charge on any atom is -0.480 e. The van der Waals surface area contributed by atoms with Gasteiger partial charge >= 0.3 is 5.97 Å². The van der Waals surface area contributed by atoms with Crippen LogP contribution in [-0.4, -0.2) is 28.0 Å². The number of rotatable bonds is 5. The summed E-state index contributed by atoms with van der Waals surface area (Å²) in [4.78, 5) is 26.9. The van der Waals surface area contributed by atoms with Gasteiger partial charge in [-0.25, -0.2) is 4.79 Å². The number of nitrogens with one attached hydrogen (secondary N) is 1. The molecule has 1 amide bonds. The molecule has 0 unspecified atom stereocenters. The lowest BCUT2D eigenvalue weighted by Gasteiger charge is -2.16. The number of carbonyl (C=O) groups is 2. The monoisotopic (exact) mass is 250 g/mol. The number of carboxylic acid groups (broad SMARTS) is 1. The van der Waals surface area contributed by atoms with Crippen LogP contribution < -0.4 is 5.32 Å². The van der Waals surface area contributed by atoms with Gasteiger partial charge in [-0.1, -0.05) is 13.8 Å². The van der Waals surface area contributed by atoms with Gasteiger partial charge in [0, 0.05) is 11.9 Å². The normalized spacial score (nSPS) is 12.2. The van der Waals surface area contributed by atoms with Crippen molar-refractivity contribution in [2.75, 3.05) is 0 Å². The number of nitrogens with zero attached hydrogens (tertiary/aromatic N) is 1. The lowest BCUT2D eigenvalue weighted by molar-refractivity contribution is -0.139. The SMILES string of the molecule is Cc1ccc(C(=O)N[C@H](CC(C)C)C(=O)O)cn1. The molecule has 1 atom stereocenters. The summed E-state index contributed by atoms with van der Waals surface area (Å²) in [5, 5.41) is 11.5. The summed E-state index contributed by atoms with van der Waals surface area (Å²) in [7, 11) is 0. The summed E-state index contributed by atoms with van der Waals surface area (Å²) >= 11 is 0. The maximum atomic E-state index is 11.8. The highest BCUT2D eigenvalue weighted by atomic mass is 16.4. The Balaban J connectivity index is 2.72. The summed E-state index contributed by atoms with van der Waals surface area (Å²) in [6.45, 7) is 5.64. The largest absolute Gasteiger partial charge is 0.480 e. The molecule has 0 fully saturated rings. The van der Waals surface area contributed by atoms with E-state index in [-0.39, 0.29) is 5.92 Å². The predicted octanol–water partition coefficient (Wildman–Crippen LogP) is 1.62. The van der Waals surface area contributed by atoms with Gasteiger partial charge in [0.15, 0.2) is 0 Å². The van der Waals surface area contributed by atoms with Crippen molar-refractivity contribution >= 4 is 11.9 Å². The molecular formula is C13H18N2O3. The second kappa shape index (κ2) is 6.14. The van der Waals surface area contributed by atoms with Crippen LogP contribution in [0.5, 0.6) is 0 Å². The number of pyridine rings is 1. The molecule has 0 saturated heterocycles. The zero-order valence-corrected chi connectivity index (χ0v) is 10.8. The molecule has 5 nitrogen and oxygen atoms in total. The van der Waals surface area contributed by atoms with Gasteiger partial charge in [-0.15, -0.1) is 0 Å². The summed E-state index contributed by atoms with van der Waals surface area (Å²) in [6, 6.07) is 2.48. The third-order valence-corrected chi connectivity index (χ3v) is 2.48. The molecule has 0 aliphatic rings. The van der Waals surface area contributed by atoms with Crippen LogP contribution in [0.3, 0.4) is 0 Å². The average molecular weight is 250 g/mol. The standard InChI is InChI=1S/C13H18N2O3/c1-8(2)6-11(13(17)18)15-12(16)10-5-4-9(3)14-7-10/h4-5,7-8,11H,6H2,1-3H3,(H,15,16)(H,17,18)/t11-/m1/s1. The van der Waals surface area contributed by atoms with Crippen molar-refractivity contribution < 1.29 is 14.7 Å². The maximum Gasteiger partial charge on any atom is 0.326 e. The summed E-state index contributed by atoms with van der Waals surface area (Å²) < 4.78 is 0. The Labute approximate surface area is 106 Å². The van der Waals surface area contributed by atoms with Gasteiger partial charge in [0.25, 0.3) is 5.91 Å². The molecule has 1 aromatic heterocycles. The van der Waals surface area contributed by atoms with Crippen LogP contribution in [0.1, 0.15) is 36.3 Å². The molecule has 0 aliphatic carbocycles. The molecule has 5 heteroatoms. The van der Waals surface area contributed by atoms with E-state index in [2.05, 4.69) is 10.3 Å². The fourth-order valence-electron chi connectivity index (χ4n) is 1.54. The van der Waals surface area contributed by atoms with Crippen molar-refractivity contribution in [3.8, 4) is 0 Å². The second-order valence-electron chi connectivity index (χ2n) is 4.68. The Kier molecular flexibility index (Phi) is 4.83. The van der Waals surface area contributed by atoms with Crippen LogP contribution in [0.2, 0.25) is 0 Å². The highest BCUT2D eigenvalue weighted by Gasteiger charge is 2.21. The smallest absolute Gasteiger partial charge is 0.326 e. The molecular weight excluding hydrogens is 232 g/mol. The minimum absolute atomic E-state index is 0.197. The Hall–Kier alpha value is -1.91. The van der Waals surface area contributed by atoms with Gasteiger partial charge in [0.2, 0.25) is 0 Å². The van der Waals surface area contributed by atoms with Crippen LogP contribution in [0.15, 0.2) is 18.3 Å². The first-order valence-electron chi connectivity index (χ1n) is 5.86. The summed E-state index contributed by atoms with van der Waals surface area (Å²) in [5.74, 6) is -1.23. The first-order valence-corrected chi connectivity index (χ1v) is 5.86. The van der Waals surface area contributed by atoms with Crippen LogP contribution >= 0.6 is 0 Å². The van der Waals surface area contributed by atoms with E-state index in [9.17, 15) is 9.59 Å². The number of hydrogen-bond acceptors (Lipinski definition) is 3. The van der Waals surface area contributed by atoms with Gasteiger partial charge in [0.1, 0.15) is 6.04 Å². The number of aliphatic carboxylic acids is 1. The van der Waals surface area contributed by atoms with E-state index in [0.717, 1.165) is 5.69 Å². The lowest BCUT2D eigenvalue weighted by Crippen LogP contribution is -2.41. The highest BCUT2D eigenvalue weighted by molar-refractivity contribution is 5.96. The van der Waals surface area contributed by atoms with Crippen molar-refractivity contribution in [2.24, 2.45) is 5.92 Å². The Morgan fingerprint density at radius 1 is 1.39 bits per heavy atom. The van der Waals surface area contributed by atoms with Crippen molar-refractivity contribution in [3.05, 3.63) is 29.6 Å². The maximum absolute atomic E-state index is 11.8. The van der Waals surface area contributed by atoms with Crippen molar-refractivity contribution in [1.29, 1.82) is 0 Å². The number of aromatic nitrogens is 1. The Morgan fingerprint density at radius 3 is 2.50 bits per heavy atom. The fourth-order valence-corrected chi connectivity index (χ4v) is 1.54. The third-order valence-electron chi connectivity index (χ3n) is 2.48. The van der Waals surface area contributed by atoms with E-state index in [4.69, 9.17) is 5.11 Å². The summed E-state index contributed by atoms with van der Waals surface area (Å²) in [5.41, 5.74) is 1.18. The number of amides is 1. The second-order valence-corrected chi connectivity index (χ2v) is 4.68. The number of hydrogen-bond donors (Lipinski definition) is 2. The highest BCUT2D eigenvalue weighted by Crippen LogP contribution is 2.07. The first-order chi connectivity index (χ1) is 8.40. The number of carbonyl (C=O) groups excluding carboxylic acids is 1. The van der Waals surface area contributed by atoms with E-state index in [0.29, 0.717) is 12.0 Å². The van der Waals surface area contributed by atoms with E-state index in [1.807, 2.05) is 20.8 Å². The average Bonchev–Trinajstić information content (AvgIpc) is 2.28. The molecule has 0 aliphatic heterocycles. The van der Waals surface area contributed by atoms with E-state index < -0.39 is 17.9 Å². The van der Waals surface area contributed by atoms with Crippen molar-refractivity contribution in [2.45, 2.75) is 33.2 Å². The van der Waals surface area contributed by atoms with Crippen molar-refractivity contribution in [1.82, 2.24) is 10.3 Å². The van der Waals surface area contributed by atoms with Crippen LogP contribution in [-0.2, 0) is 4.79 Å². The van der Waals surface area contributed by atoms with Gasteiger partial charge in [-0.05, 0) is 31.4 Å². The van der Waals surface area contributed by atoms with Crippen molar-refractivity contribution in [3.63, 3.8) is 0 Å². The zero-order valence-electron chi connectivity index (χ0n) is 10.8. The Bertz CT molecular complexity index is 426. The molecule has 1 aromatic rings. The van der Waals surface area contributed by atoms with Gasteiger partial charge < -0.3 is 10.4 Å². The molecule has 0 spiro atoms. The quantitative estimate of drug-likeness (QED) is 0.832. The predicted molar refractivity (Wildman–Crippen MR) is 67.3 cm³/mol. The van der Waals surface area contributed by atoms with Crippen LogP contribution in [0, 0.1) is 12.8 Å². The first kappa shape index (κ1) is 14.2. The fraction of sp³-hybridized carbons (Fsp3) is 0.462. The molecule has 98 valence electrons. The van der Waals surface area contributed by atoms with Gasteiger partial charge in [0.05, 0.1) is 5.56 Å². The van der Waals surface area contributed by atoms with E-state index in [1.54, 1.807) is 12.1 Å². The van der Waals surface area contributed by atoms with E-state index in [1.165, 1.54) is 6.20 Å². The van der Waals surface area contributed by atoms with E-state index >= 15 is 0 Å². The molecule has 0 aromatic carbocycles. The van der Waals surface area contributed by atoms with Crippen LogP contribution in [0.4, 0.5) is 0 Å². The molecule has 1 heterocycles. The van der Waals surface area contributed by atoms with Gasteiger partial charge in [-0.3, -0.25) is 9.78 Å². The molecule has 0 saturated carbocycles. The number of aryl methyl sites for hydroxylation is 1. The molecule has 18 heavy (non-hydrogen) atoms. The molecule has 0 radical (unpaired) electrons. The number of carboxylic acids is 1. The summed E-state index contributed by atoms with van der Waals surface area (Å²) in [6.07, 6.45) is 1.85.